The first-order chi connectivity index (χ1) is 14.2. The van der Waals surface area contributed by atoms with Gasteiger partial charge in [-0.15, -0.1) is 23.5 Å². The van der Waals surface area contributed by atoms with E-state index in [1.54, 1.807) is 0 Å². The fourth-order valence-corrected chi connectivity index (χ4v) is 6.05. The molecule has 2 aromatic carbocycles. The highest BCUT2D eigenvalue weighted by Gasteiger charge is 2.21. The lowest BCUT2D eigenvalue weighted by atomic mass is 10.1. The number of thioether (sulfide) groups is 2. The van der Waals surface area contributed by atoms with E-state index in [1.165, 1.54) is 23.5 Å². The van der Waals surface area contributed by atoms with Crippen LogP contribution in [0.4, 0.5) is 10.5 Å². The normalized spacial score (nSPS) is 15.6. The zero-order chi connectivity index (χ0) is 20.1. The Morgan fingerprint density at radius 2 is 1.93 bits per heavy atom. The van der Waals surface area contributed by atoms with E-state index >= 15 is 0 Å². The molecule has 6 nitrogen and oxygen atoms in total. The van der Waals surface area contributed by atoms with Gasteiger partial charge in [0.05, 0.1) is 4.58 Å². The van der Waals surface area contributed by atoms with Crippen LogP contribution in [0.3, 0.4) is 0 Å². The van der Waals surface area contributed by atoms with Crippen LogP contribution >= 0.6 is 23.5 Å². The van der Waals surface area contributed by atoms with Crippen LogP contribution in [0.5, 0.6) is 0 Å². The van der Waals surface area contributed by atoms with Gasteiger partial charge >= 0.3 is 6.03 Å². The summed E-state index contributed by atoms with van der Waals surface area (Å²) in [5.74, 6) is 3.61. The molecular formula is C21H23N5OS2. The van der Waals surface area contributed by atoms with E-state index in [4.69, 9.17) is 0 Å². The molecule has 0 spiro atoms. The molecule has 1 aromatic heterocycles. The zero-order valence-corrected chi connectivity index (χ0v) is 17.7. The summed E-state index contributed by atoms with van der Waals surface area (Å²) in [5, 5.41) is 13.1. The van der Waals surface area contributed by atoms with Gasteiger partial charge in [-0.3, -0.25) is 5.10 Å². The summed E-state index contributed by atoms with van der Waals surface area (Å²) >= 11 is 3.93. The molecule has 150 valence electrons. The number of aromatic amines is 1. The number of benzene rings is 2. The molecule has 2 heterocycles. The van der Waals surface area contributed by atoms with Crippen molar-refractivity contribution >= 4 is 35.2 Å². The molecule has 1 saturated heterocycles. The molecule has 2 amide bonds. The third-order valence-corrected chi connectivity index (χ3v) is 7.54. The Hall–Kier alpha value is -2.45. The van der Waals surface area contributed by atoms with Gasteiger partial charge in [-0.1, -0.05) is 42.5 Å². The highest BCUT2D eigenvalue weighted by molar-refractivity contribution is 8.16. The summed E-state index contributed by atoms with van der Waals surface area (Å²) in [4.78, 5) is 17.2. The Bertz CT molecular complexity index is 956. The molecule has 0 bridgehead atoms. The lowest BCUT2D eigenvalue weighted by molar-refractivity contribution is 0.249. The van der Waals surface area contributed by atoms with Crippen LogP contribution in [0.1, 0.15) is 39.8 Å². The molecule has 1 atom stereocenters. The quantitative estimate of drug-likeness (QED) is 0.542. The number of nitrogens with zero attached hydrogens (tertiary/aromatic N) is 2. The van der Waals surface area contributed by atoms with Crippen molar-refractivity contribution in [2.75, 3.05) is 16.8 Å². The number of carbonyl (C=O) groups excluding carboxylic acids is 1. The highest BCUT2D eigenvalue weighted by Crippen LogP contribution is 2.44. The zero-order valence-electron chi connectivity index (χ0n) is 16.1. The molecule has 4 rings (SSSR count). The summed E-state index contributed by atoms with van der Waals surface area (Å²) in [6.07, 6.45) is 1.26. The first-order valence-electron chi connectivity index (χ1n) is 9.53. The summed E-state index contributed by atoms with van der Waals surface area (Å²) in [5.41, 5.74) is 2.94. The van der Waals surface area contributed by atoms with Gasteiger partial charge in [0, 0.05) is 5.69 Å². The summed E-state index contributed by atoms with van der Waals surface area (Å²) < 4.78 is 0.432. The van der Waals surface area contributed by atoms with Gasteiger partial charge in [0.1, 0.15) is 11.9 Å². The largest absolute Gasteiger partial charge is 0.324 e. The molecule has 1 fully saturated rings. The van der Waals surface area contributed by atoms with E-state index in [9.17, 15) is 4.79 Å². The number of rotatable bonds is 5. The predicted octanol–water partition coefficient (Wildman–Crippen LogP) is 4.89. The van der Waals surface area contributed by atoms with E-state index in [1.807, 2.05) is 72.9 Å². The minimum absolute atomic E-state index is 0.289. The van der Waals surface area contributed by atoms with Gasteiger partial charge in [-0.2, -0.15) is 5.10 Å². The van der Waals surface area contributed by atoms with Gasteiger partial charge < -0.3 is 10.6 Å². The summed E-state index contributed by atoms with van der Waals surface area (Å²) in [6, 6.07) is 17.1. The number of aromatic nitrogens is 3. The van der Waals surface area contributed by atoms with E-state index in [2.05, 4.69) is 37.9 Å². The third kappa shape index (κ3) is 5.13. The lowest BCUT2D eigenvalue weighted by Crippen LogP contribution is -2.33. The fourth-order valence-electron chi connectivity index (χ4n) is 3.17. The van der Waals surface area contributed by atoms with Gasteiger partial charge in [0.2, 0.25) is 0 Å². The number of urea groups is 1. The van der Waals surface area contributed by atoms with Crippen LogP contribution in [0, 0.1) is 6.92 Å². The molecule has 3 aromatic rings. The van der Waals surface area contributed by atoms with E-state index in [-0.39, 0.29) is 6.03 Å². The molecule has 0 saturated carbocycles. The van der Waals surface area contributed by atoms with Gasteiger partial charge in [-0.05, 0) is 48.1 Å². The van der Waals surface area contributed by atoms with E-state index < -0.39 is 6.04 Å². The summed E-state index contributed by atoms with van der Waals surface area (Å²) in [7, 11) is 0. The van der Waals surface area contributed by atoms with Crippen LogP contribution in [0.2, 0.25) is 0 Å². The lowest BCUT2D eigenvalue weighted by Gasteiger charge is -2.22. The molecule has 0 aliphatic carbocycles. The van der Waals surface area contributed by atoms with Crippen molar-refractivity contribution in [2.45, 2.75) is 24.0 Å². The number of H-pyrrole nitrogens is 1. The highest BCUT2D eigenvalue weighted by atomic mass is 32.2. The predicted molar refractivity (Wildman–Crippen MR) is 120 cm³/mol. The van der Waals surface area contributed by atoms with Crippen molar-refractivity contribution in [3.63, 3.8) is 0 Å². The molecule has 1 aliphatic heterocycles. The minimum atomic E-state index is -0.436. The number of hydrogen-bond acceptors (Lipinski definition) is 5. The maximum Gasteiger partial charge on any atom is 0.320 e. The smallest absolute Gasteiger partial charge is 0.320 e. The van der Waals surface area contributed by atoms with Crippen LogP contribution in [-0.2, 0) is 0 Å². The van der Waals surface area contributed by atoms with Crippen molar-refractivity contribution in [1.82, 2.24) is 20.5 Å². The van der Waals surface area contributed by atoms with Gasteiger partial charge in [-0.25, -0.2) is 9.78 Å². The Kier molecular flexibility index (Phi) is 6.41. The van der Waals surface area contributed by atoms with E-state index in [0.717, 1.165) is 11.3 Å². The first-order valence-corrected chi connectivity index (χ1v) is 11.6. The van der Waals surface area contributed by atoms with Gasteiger partial charge in [0.15, 0.2) is 5.82 Å². The maximum atomic E-state index is 12.8. The standard InChI is InChI=1S/C21H23N5OS2/c1-14-22-19(26-25-14)18(15-7-3-2-4-8-15)24-21(27)23-17-10-5-9-16(13-17)20-28-11-6-12-29-20/h2-5,7-10,13,18,20H,6,11-12H2,1H3,(H,22,25,26)(H2,23,24,27). The molecule has 29 heavy (non-hydrogen) atoms. The second-order valence-electron chi connectivity index (χ2n) is 6.77. The number of nitrogens with one attached hydrogen (secondary N) is 3. The number of carbonyl (C=O) groups is 1. The van der Waals surface area contributed by atoms with Crippen molar-refractivity contribution in [1.29, 1.82) is 0 Å². The number of hydrogen-bond donors (Lipinski definition) is 3. The van der Waals surface area contributed by atoms with Gasteiger partial charge in [0.25, 0.3) is 0 Å². The average Bonchev–Trinajstić information content (AvgIpc) is 3.19. The number of anilines is 1. The first kappa shape index (κ1) is 19.8. The van der Waals surface area contributed by atoms with E-state index in [0.29, 0.717) is 16.2 Å². The van der Waals surface area contributed by atoms with Crippen molar-refractivity contribution in [2.24, 2.45) is 0 Å². The van der Waals surface area contributed by atoms with Crippen LogP contribution in [-0.4, -0.2) is 32.7 Å². The molecule has 3 N–H and O–H groups in total. The Morgan fingerprint density at radius 1 is 1.14 bits per heavy atom. The number of amides is 2. The SMILES string of the molecule is Cc1nc(C(NC(=O)Nc2cccc(C3SCCCS3)c2)c2ccccc2)n[nH]1. The second-order valence-corrected chi connectivity index (χ2v) is 9.50. The topological polar surface area (TPSA) is 82.7 Å². The molecule has 0 radical (unpaired) electrons. The summed E-state index contributed by atoms with van der Waals surface area (Å²) in [6.45, 7) is 1.84. The molecular weight excluding hydrogens is 402 g/mol. The monoisotopic (exact) mass is 425 g/mol. The Labute approximate surface area is 178 Å². The third-order valence-electron chi connectivity index (χ3n) is 4.52. The fraction of sp³-hybridized carbons (Fsp3) is 0.286. The molecule has 1 aliphatic rings. The van der Waals surface area contributed by atoms with Crippen LogP contribution in [0.25, 0.3) is 0 Å². The number of aryl methyl sites for hydroxylation is 1. The van der Waals surface area contributed by atoms with Crippen LogP contribution in [0.15, 0.2) is 54.6 Å². The van der Waals surface area contributed by atoms with Crippen molar-refractivity contribution in [3.05, 3.63) is 77.4 Å². The Balaban J connectivity index is 1.48. The second kappa shape index (κ2) is 9.37. The van der Waals surface area contributed by atoms with Crippen molar-refractivity contribution in [3.8, 4) is 0 Å². The van der Waals surface area contributed by atoms with Crippen LogP contribution < -0.4 is 10.6 Å². The molecule has 8 heteroatoms. The van der Waals surface area contributed by atoms with Crippen molar-refractivity contribution < 1.29 is 4.79 Å². The minimum Gasteiger partial charge on any atom is -0.324 e. The molecule has 1 unspecified atom stereocenters. The Morgan fingerprint density at radius 3 is 2.66 bits per heavy atom. The average molecular weight is 426 g/mol. The maximum absolute atomic E-state index is 12.8.